The topological polar surface area (TPSA) is 81.2 Å². The van der Waals surface area contributed by atoms with Crippen LogP contribution in [0.4, 0.5) is 5.13 Å². The fourth-order valence-corrected chi connectivity index (χ4v) is 4.08. The molecule has 6 nitrogen and oxygen atoms in total. The van der Waals surface area contributed by atoms with Gasteiger partial charge in [-0.3, -0.25) is 4.72 Å². The van der Waals surface area contributed by atoms with E-state index in [1.54, 1.807) is 25.3 Å². The standard InChI is InChI=1S/C16H15N3O3S2.ClH/c1-22-13-9-7-12(8-10-13)11-15-17-18-16(23-15)19-24(20,21)14-5-3-2-4-6-14;/h2-10H,11H2,1H3,(H,18,19);1H. The zero-order valence-electron chi connectivity index (χ0n) is 13.2. The van der Waals surface area contributed by atoms with E-state index < -0.39 is 10.0 Å². The molecule has 1 N–H and O–H groups in total. The number of hydrogen-bond donors (Lipinski definition) is 1. The van der Waals surface area contributed by atoms with Crippen LogP contribution >= 0.6 is 23.7 Å². The first-order valence-corrected chi connectivity index (χ1v) is 9.40. The van der Waals surface area contributed by atoms with Gasteiger partial charge in [-0.15, -0.1) is 22.6 Å². The van der Waals surface area contributed by atoms with E-state index in [2.05, 4.69) is 14.9 Å². The number of nitrogens with zero attached hydrogens (tertiary/aromatic N) is 2. The van der Waals surface area contributed by atoms with Crippen LogP contribution in [-0.4, -0.2) is 25.7 Å². The number of rotatable bonds is 6. The first kappa shape index (κ1) is 19.2. The number of ether oxygens (including phenoxy) is 1. The zero-order valence-corrected chi connectivity index (χ0v) is 15.7. The van der Waals surface area contributed by atoms with Crippen LogP contribution in [-0.2, 0) is 16.4 Å². The number of nitrogens with one attached hydrogen (secondary N) is 1. The van der Waals surface area contributed by atoms with Crippen molar-refractivity contribution in [1.29, 1.82) is 0 Å². The molecule has 0 aliphatic rings. The van der Waals surface area contributed by atoms with Gasteiger partial charge < -0.3 is 4.74 Å². The fourth-order valence-electron chi connectivity index (χ4n) is 2.06. The third-order valence-electron chi connectivity index (χ3n) is 3.26. The Kier molecular flexibility index (Phi) is 6.35. The van der Waals surface area contributed by atoms with Crippen molar-refractivity contribution in [3.05, 3.63) is 65.2 Å². The maximum atomic E-state index is 12.3. The molecule has 25 heavy (non-hydrogen) atoms. The molecule has 0 atom stereocenters. The number of aromatic nitrogens is 2. The van der Waals surface area contributed by atoms with E-state index in [0.29, 0.717) is 6.42 Å². The van der Waals surface area contributed by atoms with Gasteiger partial charge in [0.1, 0.15) is 10.8 Å². The summed E-state index contributed by atoms with van der Waals surface area (Å²) in [5.74, 6) is 0.785. The summed E-state index contributed by atoms with van der Waals surface area (Å²) in [6.07, 6.45) is 0.578. The van der Waals surface area contributed by atoms with Gasteiger partial charge in [-0.05, 0) is 29.8 Å². The lowest BCUT2D eigenvalue weighted by atomic mass is 10.1. The highest BCUT2D eigenvalue weighted by Gasteiger charge is 2.16. The smallest absolute Gasteiger partial charge is 0.263 e. The second kappa shape index (κ2) is 8.28. The molecular formula is C16H16ClN3O3S2. The van der Waals surface area contributed by atoms with E-state index in [1.807, 2.05) is 24.3 Å². The molecule has 3 aromatic rings. The summed E-state index contributed by atoms with van der Waals surface area (Å²) in [7, 11) is -2.02. The predicted octanol–water partition coefficient (Wildman–Crippen LogP) is 3.36. The van der Waals surface area contributed by atoms with Crippen molar-refractivity contribution >= 4 is 38.9 Å². The highest BCUT2D eigenvalue weighted by molar-refractivity contribution is 7.93. The Hall–Kier alpha value is -2.16. The van der Waals surface area contributed by atoms with E-state index >= 15 is 0 Å². The maximum Gasteiger partial charge on any atom is 0.263 e. The second-order valence-electron chi connectivity index (χ2n) is 4.94. The molecule has 0 amide bonds. The van der Waals surface area contributed by atoms with Crippen molar-refractivity contribution in [2.75, 3.05) is 11.8 Å². The highest BCUT2D eigenvalue weighted by atomic mass is 35.5. The van der Waals surface area contributed by atoms with Gasteiger partial charge in [-0.25, -0.2) is 8.42 Å². The highest BCUT2D eigenvalue weighted by Crippen LogP contribution is 2.22. The van der Waals surface area contributed by atoms with Crippen LogP contribution in [0.2, 0.25) is 0 Å². The lowest BCUT2D eigenvalue weighted by molar-refractivity contribution is 0.414. The normalized spacial score (nSPS) is 10.8. The molecule has 3 rings (SSSR count). The predicted molar refractivity (Wildman–Crippen MR) is 100 cm³/mol. The quantitative estimate of drug-likeness (QED) is 0.689. The minimum atomic E-state index is -3.64. The Morgan fingerprint density at radius 2 is 1.72 bits per heavy atom. The molecule has 0 unspecified atom stereocenters. The molecule has 132 valence electrons. The summed E-state index contributed by atoms with van der Waals surface area (Å²) >= 11 is 1.22. The van der Waals surface area contributed by atoms with E-state index in [4.69, 9.17) is 4.74 Å². The van der Waals surface area contributed by atoms with Crippen molar-refractivity contribution in [3.63, 3.8) is 0 Å². The van der Waals surface area contributed by atoms with Gasteiger partial charge in [0.15, 0.2) is 0 Å². The van der Waals surface area contributed by atoms with E-state index in [-0.39, 0.29) is 22.4 Å². The summed E-state index contributed by atoms with van der Waals surface area (Å²) in [5.41, 5.74) is 1.05. The molecule has 1 heterocycles. The third kappa shape index (κ3) is 4.91. The minimum absolute atomic E-state index is 0. The van der Waals surface area contributed by atoms with Crippen LogP contribution in [0.15, 0.2) is 59.5 Å². The van der Waals surface area contributed by atoms with Gasteiger partial charge in [0.05, 0.1) is 12.0 Å². The van der Waals surface area contributed by atoms with Gasteiger partial charge in [0.25, 0.3) is 10.0 Å². The van der Waals surface area contributed by atoms with Crippen LogP contribution in [0.1, 0.15) is 10.6 Å². The number of halogens is 1. The van der Waals surface area contributed by atoms with Crippen LogP contribution < -0.4 is 9.46 Å². The molecule has 1 aromatic heterocycles. The summed E-state index contributed by atoms with van der Waals surface area (Å²) in [6.45, 7) is 0. The molecule has 0 saturated carbocycles. The lowest BCUT2D eigenvalue weighted by Crippen LogP contribution is -2.12. The molecule has 9 heteroatoms. The van der Waals surface area contributed by atoms with Crippen LogP contribution in [0.25, 0.3) is 0 Å². The van der Waals surface area contributed by atoms with Crippen molar-refractivity contribution in [1.82, 2.24) is 10.2 Å². The molecule has 2 aromatic carbocycles. The Morgan fingerprint density at radius 3 is 2.36 bits per heavy atom. The van der Waals surface area contributed by atoms with Crippen LogP contribution in [0.3, 0.4) is 0 Å². The Bertz CT molecular complexity index is 913. The van der Waals surface area contributed by atoms with Crippen molar-refractivity contribution in [2.24, 2.45) is 0 Å². The number of anilines is 1. The summed E-state index contributed by atoms with van der Waals surface area (Å²) in [5, 5.41) is 8.93. The number of benzene rings is 2. The lowest BCUT2D eigenvalue weighted by Gasteiger charge is -2.03. The monoisotopic (exact) mass is 397 g/mol. The molecule has 0 saturated heterocycles. The largest absolute Gasteiger partial charge is 0.497 e. The average molecular weight is 398 g/mol. The first-order chi connectivity index (χ1) is 11.6. The summed E-state index contributed by atoms with van der Waals surface area (Å²) in [4.78, 5) is 0.192. The zero-order chi connectivity index (χ0) is 17.0. The van der Waals surface area contributed by atoms with Crippen molar-refractivity contribution in [2.45, 2.75) is 11.3 Å². The molecule has 0 bridgehead atoms. The molecule has 0 spiro atoms. The molecule has 0 aliphatic heterocycles. The Balaban J connectivity index is 0.00000225. The molecule has 0 radical (unpaired) electrons. The number of hydrogen-bond acceptors (Lipinski definition) is 6. The van der Waals surface area contributed by atoms with Gasteiger partial charge in [0, 0.05) is 6.42 Å². The van der Waals surface area contributed by atoms with E-state index in [0.717, 1.165) is 16.3 Å². The number of sulfonamides is 1. The number of methoxy groups -OCH3 is 1. The van der Waals surface area contributed by atoms with E-state index in [9.17, 15) is 8.42 Å². The first-order valence-electron chi connectivity index (χ1n) is 7.10. The minimum Gasteiger partial charge on any atom is -0.497 e. The fraction of sp³-hybridized carbons (Fsp3) is 0.125. The third-order valence-corrected chi connectivity index (χ3v) is 5.58. The molecule has 0 aliphatic carbocycles. The van der Waals surface area contributed by atoms with Gasteiger partial charge >= 0.3 is 0 Å². The Labute approximate surface area is 156 Å². The van der Waals surface area contributed by atoms with Crippen molar-refractivity contribution in [3.8, 4) is 5.75 Å². The van der Waals surface area contributed by atoms with Gasteiger partial charge in [-0.2, -0.15) is 0 Å². The average Bonchev–Trinajstić information content (AvgIpc) is 3.02. The summed E-state index contributed by atoms with van der Waals surface area (Å²) in [6, 6.07) is 15.8. The van der Waals surface area contributed by atoms with Gasteiger partial charge in [0.2, 0.25) is 5.13 Å². The Morgan fingerprint density at radius 1 is 1.04 bits per heavy atom. The van der Waals surface area contributed by atoms with Crippen LogP contribution in [0.5, 0.6) is 5.75 Å². The van der Waals surface area contributed by atoms with Gasteiger partial charge in [-0.1, -0.05) is 41.7 Å². The maximum absolute atomic E-state index is 12.3. The second-order valence-corrected chi connectivity index (χ2v) is 7.69. The molecule has 0 fully saturated rings. The molecular weight excluding hydrogens is 382 g/mol. The van der Waals surface area contributed by atoms with E-state index in [1.165, 1.54) is 23.5 Å². The van der Waals surface area contributed by atoms with Crippen molar-refractivity contribution < 1.29 is 13.2 Å². The summed E-state index contributed by atoms with van der Waals surface area (Å²) < 4.78 is 32.1. The SMILES string of the molecule is COc1ccc(Cc2nnc(NS(=O)(=O)c3ccccc3)s2)cc1.Cl. The van der Waals surface area contributed by atoms with Crippen LogP contribution in [0, 0.1) is 0 Å².